The van der Waals surface area contributed by atoms with Crippen molar-refractivity contribution in [3.05, 3.63) is 48.8 Å². The van der Waals surface area contributed by atoms with Gasteiger partial charge in [-0.3, -0.25) is 15.1 Å². The molecule has 0 saturated heterocycles. The molecule has 0 bridgehead atoms. The van der Waals surface area contributed by atoms with E-state index in [1.165, 1.54) is 7.11 Å². The van der Waals surface area contributed by atoms with Crippen LogP contribution >= 0.6 is 0 Å². The molecule has 0 aliphatic carbocycles. The van der Waals surface area contributed by atoms with Crippen molar-refractivity contribution in [3.8, 4) is 11.5 Å². The van der Waals surface area contributed by atoms with E-state index in [1.54, 1.807) is 55.7 Å². The maximum absolute atomic E-state index is 11.8. The lowest BCUT2D eigenvalue weighted by atomic mass is 10.2. The van der Waals surface area contributed by atoms with E-state index in [1.807, 2.05) is 0 Å². The largest absolute Gasteiger partial charge is 0.469 e. The highest BCUT2D eigenvalue weighted by Crippen LogP contribution is 2.23. The van der Waals surface area contributed by atoms with Gasteiger partial charge in [-0.1, -0.05) is 6.92 Å². The van der Waals surface area contributed by atoms with Crippen LogP contribution in [0.1, 0.15) is 6.92 Å². The average molecular weight is 371 g/mol. The number of rotatable bonds is 6. The lowest BCUT2D eigenvalue weighted by Crippen LogP contribution is -2.45. The Labute approximate surface area is 156 Å². The Morgan fingerprint density at radius 2 is 1.78 bits per heavy atom. The molecule has 0 aliphatic heterocycles. The van der Waals surface area contributed by atoms with Crippen LogP contribution in [-0.4, -0.2) is 36.6 Å². The van der Waals surface area contributed by atoms with Crippen LogP contribution in [0.25, 0.3) is 0 Å². The topological polar surface area (TPSA) is 128 Å². The SMILES string of the molecule is COC(=O)[C@@H](C)CNC(=O)N/C(N)=N\c1ccc(Oc2ccncc2)cc1. The molecule has 9 heteroatoms. The number of carbonyl (C=O) groups excluding carboxylic acids is 2. The first-order chi connectivity index (χ1) is 13.0. The number of nitrogens with two attached hydrogens (primary N) is 1. The molecule has 142 valence electrons. The summed E-state index contributed by atoms with van der Waals surface area (Å²) in [5.41, 5.74) is 6.25. The highest BCUT2D eigenvalue weighted by atomic mass is 16.5. The Balaban J connectivity index is 1.86. The number of ether oxygens (including phenoxy) is 2. The number of guanidine groups is 1. The molecule has 0 unspecified atom stereocenters. The second-order valence-electron chi connectivity index (χ2n) is 5.54. The standard InChI is InChI=1S/C18H21N5O4/c1-12(16(24)26-2)11-21-18(25)23-17(19)22-13-3-5-14(6-4-13)27-15-7-9-20-10-8-15/h3-10,12H,11H2,1-2H3,(H4,19,21,22,23,25)/t12-/m0/s1. The Hall–Kier alpha value is -3.62. The van der Waals surface area contributed by atoms with Crippen molar-refractivity contribution < 1.29 is 19.1 Å². The van der Waals surface area contributed by atoms with Crippen LogP contribution in [0, 0.1) is 5.92 Å². The van der Waals surface area contributed by atoms with E-state index < -0.39 is 17.9 Å². The van der Waals surface area contributed by atoms with Crippen molar-refractivity contribution in [1.82, 2.24) is 15.6 Å². The van der Waals surface area contributed by atoms with E-state index in [2.05, 4.69) is 25.3 Å². The van der Waals surface area contributed by atoms with E-state index in [4.69, 9.17) is 10.5 Å². The molecule has 0 saturated carbocycles. The number of nitrogens with zero attached hydrogens (tertiary/aromatic N) is 2. The maximum Gasteiger partial charge on any atom is 0.321 e. The molecule has 1 atom stereocenters. The average Bonchev–Trinajstić information content (AvgIpc) is 2.67. The molecular weight excluding hydrogens is 350 g/mol. The third-order valence-electron chi connectivity index (χ3n) is 3.39. The van der Waals surface area contributed by atoms with E-state index >= 15 is 0 Å². The molecular formula is C18H21N5O4. The molecule has 4 N–H and O–H groups in total. The van der Waals surface area contributed by atoms with Crippen molar-refractivity contribution in [2.24, 2.45) is 16.6 Å². The van der Waals surface area contributed by atoms with Gasteiger partial charge in [-0.2, -0.15) is 0 Å². The smallest absolute Gasteiger partial charge is 0.321 e. The summed E-state index contributed by atoms with van der Waals surface area (Å²) in [6.45, 7) is 1.76. The van der Waals surface area contributed by atoms with Gasteiger partial charge >= 0.3 is 12.0 Å². The zero-order chi connectivity index (χ0) is 19.6. The van der Waals surface area contributed by atoms with Crippen molar-refractivity contribution in [3.63, 3.8) is 0 Å². The summed E-state index contributed by atoms with van der Waals surface area (Å²) in [6, 6.07) is 9.77. The zero-order valence-electron chi connectivity index (χ0n) is 15.0. The van der Waals surface area contributed by atoms with Crippen LogP contribution in [0.15, 0.2) is 53.8 Å². The summed E-state index contributed by atoms with van der Waals surface area (Å²) in [5, 5.41) is 4.90. The number of methoxy groups -OCH3 is 1. The highest BCUT2D eigenvalue weighted by Gasteiger charge is 2.14. The van der Waals surface area contributed by atoms with Gasteiger partial charge in [0.25, 0.3) is 0 Å². The van der Waals surface area contributed by atoms with Crippen LogP contribution in [0.5, 0.6) is 11.5 Å². The summed E-state index contributed by atoms with van der Waals surface area (Å²) in [6.07, 6.45) is 3.27. The predicted molar refractivity (Wildman–Crippen MR) is 99.7 cm³/mol. The molecule has 1 heterocycles. The first kappa shape index (κ1) is 19.7. The molecule has 2 amide bonds. The van der Waals surface area contributed by atoms with E-state index in [9.17, 15) is 9.59 Å². The lowest BCUT2D eigenvalue weighted by molar-refractivity contribution is -0.144. The number of nitrogens with one attached hydrogen (secondary N) is 2. The number of aliphatic imine (C=N–C) groups is 1. The van der Waals surface area contributed by atoms with Crippen molar-refractivity contribution in [1.29, 1.82) is 0 Å². The molecule has 2 rings (SSSR count). The second-order valence-corrected chi connectivity index (χ2v) is 5.54. The Bertz CT molecular complexity index is 793. The lowest BCUT2D eigenvalue weighted by Gasteiger charge is -2.11. The van der Waals surface area contributed by atoms with Gasteiger partial charge in [-0.25, -0.2) is 9.79 Å². The summed E-state index contributed by atoms with van der Waals surface area (Å²) >= 11 is 0. The zero-order valence-corrected chi connectivity index (χ0v) is 15.0. The van der Waals surface area contributed by atoms with Gasteiger partial charge in [-0.05, 0) is 36.4 Å². The van der Waals surface area contributed by atoms with Gasteiger partial charge in [0.1, 0.15) is 11.5 Å². The number of aromatic nitrogens is 1. The van der Waals surface area contributed by atoms with Crippen LogP contribution in [0.4, 0.5) is 10.5 Å². The fraction of sp³-hybridized carbons (Fsp3) is 0.222. The summed E-state index contributed by atoms with van der Waals surface area (Å²) in [5.74, 6) is 0.334. The van der Waals surface area contributed by atoms with Crippen LogP contribution in [0.2, 0.25) is 0 Å². The summed E-state index contributed by atoms with van der Waals surface area (Å²) in [4.78, 5) is 31.0. The third kappa shape index (κ3) is 6.65. The van der Waals surface area contributed by atoms with Gasteiger partial charge in [0.15, 0.2) is 0 Å². The Morgan fingerprint density at radius 1 is 1.15 bits per heavy atom. The molecule has 1 aromatic carbocycles. The second kappa shape index (κ2) is 9.76. The number of amides is 2. The molecule has 0 fully saturated rings. The molecule has 27 heavy (non-hydrogen) atoms. The summed E-state index contributed by atoms with van der Waals surface area (Å²) in [7, 11) is 1.29. The molecule has 1 aromatic heterocycles. The fourth-order valence-electron chi connectivity index (χ4n) is 1.99. The van der Waals surface area contributed by atoms with Gasteiger partial charge < -0.3 is 20.5 Å². The first-order valence-corrected chi connectivity index (χ1v) is 8.12. The van der Waals surface area contributed by atoms with Gasteiger partial charge in [0.2, 0.25) is 5.96 Å². The number of carbonyl (C=O) groups is 2. The highest BCUT2D eigenvalue weighted by molar-refractivity contribution is 5.96. The van der Waals surface area contributed by atoms with Gasteiger partial charge in [-0.15, -0.1) is 0 Å². The van der Waals surface area contributed by atoms with E-state index in [0.717, 1.165) is 0 Å². The fourth-order valence-corrected chi connectivity index (χ4v) is 1.99. The number of benzene rings is 1. The quantitative estimate of drug-likeness (QED) is 0.404. The number of hydrogen-bond acceptors (Lipinski definition) is 6. The van der Waals surface area contributed by atoms with Crippen LogP contribution in [-0.2, 0) is 9.53 Å². The monoisotopic (exact) mass is 371 g/mol. The van der Waals surface area contributed by atoms with E-state index in [-0.39, 0.29) is 12.5 Å². The minimum Gasteiger partial charge on any atom is -0.469 e. The minimum atomic E-state index is -0.565. The maximum atomic E-state index is 11.8. The summed E-state index contributed by atoms with van der Waals surface area (Å²) < 4.78 is 10.2. The van der Waals surface area contributed by atoms with Crippen LogP contribution in [0.3, 0.4) is 0 Å². The number of hydrogen-bond donors (Lipinski definition) is 3. The molecule has 2 aromatic rings. The van der Waals surface area contributed by atoms with E-state index in [0.29, 0.717) is 17.2 Å². The molecule has 9 nitrogen and oxygen atoms in total. The van der Waals surface area contributed by atoms with Gasteiger partial charge in [0.05, 0.1) is 18.7 Å². The van der Waals surface area contributed by atoms with Crippen molar-refractivity contribution in [2.45, 2.75) is 6.92 Å². The molecule has 0 spiro atoms. The third-order valence-corrected chi connectivity index (χ3v) is 3.39. The number of urea groups is 1. The first-order valence-electron chi connectivity index (χ1n) is 8.12. The Morgan fingerprint density at radius 3 is 2.41 bits per heavy atom. The van der Waals surface area contributed by atoms with Gasteiger partial charge in [0, 0.05) is 18.9 Å². The molecule has 0 radical (unpaired) electrons. The van der Waals surface area contributed by atoms with Crippen LogP contribution < -0.4 is 21.1 Å². The predicted octanol–water partition coefficient (Wildman–Crippen LogP) is 1.93. The normalized spacial score (nSPS) is 12.0. The Kier molecular flexibility index (Phi) is 7.12. The number of pyridine rings is 1. The molecule has 0 aliphatic rings. The minimum absolute atomic E-state index is 0.0824. The number of esters is 1. The van der Waals surface area contributed by atoms with Crippen molar-refractivity contribution >= 4 is 23.6 Å². The van der Waals surface area contributed by atoms with Crippen molar-refractivity contribution in [2.75, 3.05) is 13.7 Å².